The highest BCUT2D eigenvalue weighted by molar-refractivity contribution is 5.81. The fourth-order valence-corrected chi connectivity index (χ4v) is 4.98. The summed E-state index contributed by atoms with van der Waals surface area (Å²) in [5, 5.41) is 13.4. The number of pyridine rings is 1. The van der Waals surface area contributed by atoms with Crippen molar-refractivity contribution in [2.75, 3.05) is 18.5 Å². The number of aliphatic hydroxyl groups is 1. The molecule has 1 aromatic heterocycles. The maximum Gasteiger partial charge on any atom is 0.227 e. The molecule has 0 saturated carbocycles. The van der Waals surface area contributed by atoms with Crippen LogP contribution in [0.1, 0.15) is 23.6 Å². The lowest BCUT2D eigenvalue weighted by Gasteiger charge is -2.39. The van der Waals surface area contributed by atoms with Crippen LogP contribution in [-0.2, 0) is 11.2 Å². The lowest BCUT2D eigenvalue weighted by molar-refractivity contribution is -0.131. The monoisotopic (exact) mass is 417 g/mol. The van der Waals surface area contributed by atoms with Gasteiger partial charge in [-0.1, -0.05) is 24.3 Å². The van der Waals surface area contributed by atoms with Gasteiger partial charge in [0.25, 0.3) is 0 Å². The van der Waals surface area contributed by atoms with Crippen molar-refractivity contribution in [3.8, 4) is 11.1 Å². The van der Waals surface area contributed by atoms with Crippen LogP contribution >= 0.6 is 0 Å². The fourth-order valence-electron chi connectivity index (χ4n) is 4.98. The standard InChI is InChI=1S/C25H24FN3O2/c26-21-4-2-1-3-18(21)17-5-6-22-20(14-17)25-19(23(15-30)28-22)9-12-29(25)24(31)13-16-7-10-27-11-8-16/h1-8,10-11,14,19,23,25,28,30H,9,12-13,15H2/t19-,23+,25-/m0/s1. The molecule has 3 heterocycles. The number of hydrogen-bond donors (Lipinski definition) is 2. The van der Waals surface area contributed by atoms with E-state index in [-0.39, 0.29) is 36.3 Å². The molecule has 5 nitrogen and oxygen atoms in total. The Morgan fingerprint density at radius 1 is 1.16 bits per heavy atom. The predicted octanol–water partition coefficient (Wildman–Crippen LogP) is 3.81. The molecule has 2 aliphatic heterocycles. The predicted molar refractivity (Wildman–Crippen MR) is 117 cm³/mol. The molecule has 2 aromatic carbocycles. The number of nitrogens with zero attached hydrogens (tertiary/aromatic N) is 2. The molecular weight excluding hydrogens is 393 g/mol. The zero-order valence-corrected chi connectivity index (χ0v) is 17.0. The van der Waals surface area contributed by atoms with Crippen molar-refractivity contribution in [1.29, 1.82) is 0 Å². The zero-order chi connectivity index (χ0) is 21.4. The van der Waals surface area contributed by atoms with Gasteiger partial charge in [-0.3, -0.25) is 9.78 Å². The highest BCUT2D eigenvalue weighted by Gasteiger charge is 2.45. The largest absolute Gasteiger partial charge is 0.394 e. The Labute approximate surface area is 180 Å². The summed E-state index contributed by atoms with van der Waals surface area (Å²) >= 11 is 0. The Balaban J connectivity index is 1.53. The van der Waals surface area contributed by atoms with Crippen molar-refractivity contribution < 1.29 is 14.3 Å². The first kappa shape index (κ1) is 19.7. The van der Waals surface area contributed by atoms with Crippen molar-refractivity contribution in [3.05, 3.63) is 83.9 Å². The minimum Gasteiger partial charge on any atom is -0.394 e. The van der Waals surface area contributed by atoms with Crippen molar-refractivity contribution >= 4 is 11.6 Å². The molecule has 2 aliphatic rings. The summed E-state index contributed by atoms with van der Waals surface area (Å²) in [5.74, 6) is -0.109. The molecule has 0 radical (unpaired) electrons. The molecule has 3 aromatic rings. The second-order valence-corrected chi connectivity index (χ2v) is 8.23. The van der Waals surface area contributed by atoms with Gasteiger partial charge in [-0.05, 0) is 53.4 Å². The van der Waals surface area contributed by atoms with E-state index >= 15 is 0 Å². The number of nitrogens with one attached hydrogen (secondary N) is 1. The van der Waals surface area contributed by atoms with E-state index in [0.717, 1.165) is 28.8 Å². The third-order valence-electron chi connectivity index (χ3n) is 6.48. The van der Waals surface area contributed by atoms with Gasteiger partial charge >= 0.3 is 0 Å². The summed E-state index contributed by atoms with van der Waals surface area (Å²) < 4.78 is 14.4. The van der Waals surface area contributed by atoms with E-state index in [2.05, 4.69) is 10.3 Å². The average molecular weight is 417 g/mol. The van der Waals surface area contributed by atoms with E-state index < -0.39 is 0 Å². The first-order chi connectivity index (χ1) is 15.2. The SMILES string of the molecule is O=C(Cc1ccncc1)N1CC[C@@H]2[C@H]1c1cc(-c3ccccc3F)ccc1N[C@@H]2CO. The molecule has 5 rings (SSSR count). The fraction of sp³-hybridized carbons (Fsp3) is 0.280. The highest BCUT2D eigenvalue weighted by atomic mass is 19.1. The Kier molecular flexibility index (Phi) is 5.16. The van der Waals surface area contributed by atoms with Gasteiger partial charge in [0.15, 0.2) is 0 Å². The average Bonchev–Trinajstić information content (AvgIpc) is 3.25. The molecule has 31 heavy (non-hydrogen) atoms. The molecule has 3 atom stereocenters. The molecule has 0 spiro atoms. The van der Waals surface area contributed by atoms with Crippen LogP contribution < -0.4 is 5.32 Å². The Hall–Kier alpha value is -3.25. The van der Waals surface area contributed by atoms with E-state index in [0.29, 0.717) is 18.5 Å². The molecule has 1 amide bonds. The van der Waals surface area contributed by atoms with Gasteiger partial charge < -0.3 is 15.3 Å². The lowest BCUT2D eigenvalue weighted by Crippen LogP contribution is -2.43. The molecule has 6 heteroatoms. The van der Waals surface area contributed by atoms with Gasteiger partial charge in [0, 0.05) is 36.1 Å². The number of fused-ring (bicyclic) bond motifs is 3. The minimum absolute atomic E-state index is 0.00204. The van der Waals surface area contributed by atoms with Gasteiger partial charge in [0.2, 0.25) is 5.91 Å². The quantitative estimate of drug-likeness (QED) is 0.678. The third-order valence-corrected chi connectivity index (χ3v) is 6.48. The molecule has 2 N–H and O–H groups in total. The minimum atomic E-state index is -0.270. The summed E-state index contributed by atoms with van der Waals surface area (Å²) in [6, 6.07) is 16.0. The highest BCUT2D eigenvalue weighted by Crippen LogP contribution is 2.47. The number of likely N-dealkylation sites (tertiary alicyclic amines) is 1. The van der Waals surface area contributed by atoms with Gasteiger partial charge in [0.1, 0.15) is 5.82 Å². The van der Waals surface area contributed by atoms with Crippen LogP contribution in [0.5, 0.6) is 0 Å². The first-order valence-corrected chi connectivity index (χ1v) is 10.6. The van der Waals surface area contributed by atoms with Crippen LogP contribution in [0.25, 0.3) is 11.1 Å². The maximum absolute atomic E-state index is 14.4. The van der Waals surface area contributed by atoms with Crippen LogP contribution in [0.2, 0.25) is 0 Å². The molecule has 1 saturated heterocycles. The number of halogens is 1. The number of carbonyl (C=O) groups excluding carboxylic acids is 1. The van der Waals surface area contributed by atoms with Crippen molar-refractivity contribution in [2.24, 2.45) is 5.92 Å². The third kappa shape index (κ3) is 3.57. The van der Waals surface area contributed by atoms with E-state index in [1.165, 1.54) is 6.07 Å². The number of amides is 1. The topological polar surface area (TPSA) is 65.5 Å². The van der Waals surface area contributed by atoms with Crippen molar-refractivity contribution in [2.45, 2.75) is 24.9 Å². The maximum atomic E-state index is 14.4. The summed E-state index contributed by atoms with van der Waals surface area (Å²) in [5.41, 5.74) is 4.13. The molecule has 0 bridgehead atoms. The van der Waals surface area contributed by atoms with Crippen LogP contribution in [0.4, 0.5) is 10.1 Å². The number of aromatic nitrogens is 1. The second kappa shape index (κ2) is 8.12. The van der Waals surface area contributed by atoms with E-state index in [1.807, 2.05) is 41.3 Å². The van der Waals surface area contributed by atoms with Gasteiger partial charge in [-0.2, -0.15) is 0 Å². The summed E-state index contributed by atoms with van der Waals surface area (Å²) in [6.07, 6.45) is 4.51. The van der Waals surface area contributed by atoms with E-state index in [1.54, 1.807) is 24.5 Å². The summed E-state index contributed by atoms with van der Waals surface area (Å²) in [6.45, 7) is 0.642. The molecular formula is C25H24FN3O2. The van der Waals surface area contributed by atoms with Gasteiger partial charge in [0.05, 0.1) is 25.1 Å². The number of anilines is 1. The van der Waals surface area contributed by atoms with Crippen molar-refractivity contribution in [3.63, 3.8) is 0 Å². The van der Waals surface area contributed by atoms with Crippen molar-refractivity contribution in [1.82, 2.24) is 9.88 Å². The number of aliphatic hydroxyl groups excluding tert-OH is 1. The molecule has 0 unspecified atom stereocenters. The van der Waals surface area contributed by atoms with Gasteiger partial charge in [-0.25, -0.2) is 4.39 Å². The number of rotatable bonds is 4. The normalized spacial score (nSPS) is 21.9. The van der Waals surface area contributed by atoms with E-state index in [9.17, 15) is 14.3 Å². The Morgan fingerprint density at radius 3 is 2.74 bits per heavy atom. The summed E-state index contributed by atoms with van der Waals surface area (Å²) in [7, 11) is 0. The molecule has 158 valence electrons. The smallest absolute Gasteiger partial charge is 0.227 e. The van der Waals surface area contributed by atoms with Crippen LogP contribution in [-0.4, -0.2) is 40.1 Å². The van der Waals surface area contributed by atoms with E-state index in [4.69, 9.17) is 0 Å². The Bertz CT molecular complexity index is 1100. The zero-order valence-electron chi connectivity index (χ0n) is 17.0. The molecule has 1 fully saturated rings. The van der Waals surface area contributed by atoms with Gasteiger partial charge in [-0.15, -0.1) is 0 Å². The number of hydrogen-bond acceptors (Lipinski definition) is 4. The second-order valence-electron chi connectivity index (χ2n) is 8.23. The lowest BCUT2D eigenvalue weighted by atomic mass is 9.82. The number of carbonyl (C=O) groups is 1. The first-order valence-electron chi connectivity index (χ1n) is 10.6. The van der Waals surface area contributed by atoms with Crippen LogP contribution in [0.3, 0.4) is 0 Å². The van der Waals surface area contributed by atoms with Crippen LogP contribution in [0.15, 0.2) is 67.0 Å². The number of benzene rings is 2. The summed E-state index contributed by atoms with van der Waals surface area (Å²) in [4.78, 5) is 19.2. The molecule has 0 aliphatic carbocycles. The Morgan fingerprint density at radius 2 is 1.97 bits per heavy atom. The van der Waals surface area contributed by atoms with Crippen LogP contribution in [0, 0.1) is 11.7 Å².